The van der Waals surface area contributed by atoms with E-state index in [1.807, 2.05) is 6.92 Å². The topological polar surface area (TPSA) is 86.5 Å². The molecule has 0 unspecified atom stereocenters. The highest BCUT2D eigenvalue weighted by Gasteiger charge is 2.15. The number of ether oxygens (including phenoxy) is 1. The first-order chi connectivity index (χ1) is 9.95. The fourth-order valence-electron chi connectivity index (χ4n) is 1.55. The highest BCUT2D eigenvalue weighted by Crippen LogP contribution is 2.13. The van der Waals surface area contributed by atoms with Crippen LogP contribution in [-0.4, -0.2) is 16.9 Å². The molecule has 1 rings (SSSR count). The third kappa shape index (κ3) is 5.18. The molecular formula is C15H17NO5. The van der Waals surface area contributed by atoms with Gasteiger partial charge in [0.2, 0.25) is 0 Å². The van der Waals surface area contributed by atoms with Crippen LogP contribution in [0.2, 0.25) is 0 Å². The summed E-state index contributed by atoms with van der Waals surface area (Å²) in [5, 5.41) is 10.5. The normalized spacial score (nSPS) is 11.0. The Morgan fingerprint density at radius 2 is 1.90 bits per heavy atom. The van der Waals surface area contributed by atoms with E-state index in [0.717, 1.165) is 19.3 Å². The Morgan fingerprint density at radius 1 is 1.29 bits per heavy atom. The Kier molecular flexibility index (Phi) is 6.26. The van der Waals surface area contributed by atoms with Crippen molar-refractivity contribution in [1.82, 2.24) is 0 Å². The van der Waals surface area contributed by atoms with E-state index in [1.165, 1.54) is 24.3 Å². The van der Waals surface area contributed by atoms with Crippen LogP contribution in [0.25, 0.3) is 0 Å². The molecule has 0 aliphatic rings. The summed E-state index contributed by atoms with van der Waals surface area (Å²) in [6.07, 6.45) is 4.46. The zero-order valence-corrected chi connectivity index (χ0v) is 12.0. The molecule has 1 aromatic rings. The zero-order chi connectivity index (χ0) is 15.8. The van der Waals surface area contributed by atoms with E-state index >= 15 is 0 Å². The van der Waals surface area contributed by atoms with Crippen LogP contribution in [0, 0.1) is 10.1 Å². The number of carbonyl (C=O) groups excluding carboxylic acids is 2. The number of non-ortho nitro benzene ring substituents is 1. The lowest BCUT2D eigenvalue weighted by molar-refractivity contribution is -0.384. The molecule has 21 heavy (non-hydrogen) atoms. The maximum absolute atomic E-state index is 11.7. The molecule has 0 aromatic heterocycles. The SMILES string of the molecule is CCCCC=C(C)C(=O)OC(=O)c1ccc([N+](=O)[O-])cc1. The van der Waals surface area contributed by atoms with Gasteiger partial charge in [0, 0.05) is 17.7 Å². The number of benzene rings is 1. The molecule has 6 nitrogen and oxygen atoms in total. The number of esters is 2. The van der Waals surface area contributed by atoms with E-state index < -0.39 is 16.9 Å². The highest BCUT2D eigenvalue weighted by molar-refractivity contribution is 6.02. The number of nitro groups is 1. The number of unbranched alkanes of at least 4 members (excludes halogenated alkanes) is 2. The highest BCUT2D eigenvalue weighted by atomic mass is 16.6. The predicted octanol–water partition coefficient (Wildman–Crippen LogP) is 3.41. The van der Waals surface area contributed by atoms with Crippen molar-refractivity contribution in [2.75, 3.05) is 0 Å². The molecule has 112 valence electrons. The average Bonchev–Trinajstić information content (AvgIpc) is 2.47. The Labute approximate surface area is 122 Å². The van der Waals surface area contributed by atoms with E-state index in [4.69, 9.17) is 4.74 Å². The van der Waals surface area contributed by atoms with E-state index in [-0.39, 0.29) is 11.3 Å². The quantitative estimate of drug-likeness (QED) is 0.200. The monoisotopic (exact) mass is 291 g/mol. The van der Waals surface area contributed by atoms with Crippen molar-refractivity contribution in [1.29, 1.82) is 0 Å². The first-order valence-electron chi connectivity index (χ1n) is 6.63. The number of rotatable bonds is 6. The van der Waals surface area contributed by atoms with Crippen LogP contribution in [0.15, 0.2) is 35.9 Å². The largest absolute Gasteiger partial charge is 0.386 e. The lowest BCUT2D eigenvalue weighted by Crippen LogP contribution is -2.13. The van der Waals surface area contributed by atoms with E-state index in [1.54, 1.807) is 13.0 Å². The molecule has 0 saturated heterocycles. The number of nitro benzene ring substituents is 1. The van der Waals surface area contributed by atoms with Gasteiger partial charge in [-0.25, -0.2) is 9.59 Å². The van der Waals surface area contributed by atoms with Crippen molar-refractivity contribution < 1.29 is 19.2 Å². The van der Waals surface area contributed by atoms with Crippen molar-refractivity contribution in [2.24, 2.45) is 0 Å². The molecule has 0 aliphatic heterocycles. The minimum atomic E-state index is -0.821. The lowest BCUT2D eigenvalue weighted by Gasteiger charge is -2.03. The van der Waals surface area contributed by atoms with Crippen molar-refractivity contribution in [3.8, 4) is 0 Å². The fraction of sp³-hybridized carbons (Fsp3) is 0.333. The Morgan fingerprint density at radius 3 is 2.43 bits per heavy atom. The minimum Gasteiger partial charge on any atom is -0.386 e. The molecule has 0 fully saturated rings. The van der Waals surface area contributed by atoms with Gasteiger partial charge in [0.15, 0.2) is 0 Å². The summed E-state index contributed by atoms with van der Waals surface area (Å²) in [5.41, 5.74) is 0.336. The van der Waals surface area contributed by atoms with Crippen LogP contribution in [0.3, 0.4) is 0 Å². The summed E-state index contributed by atoms with van der Waals surface area (Å²) in [6, 6.07) is 4.88. The average molecular weight is 291 g/mol. The van der Waals surface area contributed by atoms with Gasteiger partial charge in [0.1, 0.15) is 0 Å². The summed E-state index contributed by atoms with van der Waals surface area (Å²) in [6.45, 7) is 3.63. The fourth-order valence-corrected chi connectivity index (χ4v) is 1.55. The van der Waals surface area contributed by atoms with Crippen LogP contribution < -0.4 is 0 Å². The van der Waals surface area contributed by atoms with Crippen LogP contribution in [0.4, 0.5) is 5.69 Å². The number of carbonyl (C=O) groups is 2. The van der Waals surface area contributed by atoms with Gasteiger partial charge < -0.3 is 4.74 Å². The molecule has 0 heterocycles. The van der Waals surface area contributed by atoms with Crippen molar-refractivity contribution in [3.05, 3.63) is 51.6 Å². The molecule has 1 aromatic carbocycles. The molecule has 0 amide bonds. The second kappa shape index (κ2) is 7.94. The van der Waals surface area contributed by atoms with Crippen LogP contribution in [0.5, 0.6) is 0 Å². The van der Waals surface area contributed by atoms with Gasteiger partial charge in [-0.2, -0.15) is 0 Å². The lowest BCUT2D eigenvalue weighted by atomic mass is 10.2. The molecule has 6 heteroatoms. The van der Waals surface area contributed by atoms with Crippen molar-refractivity contribution in [2.45, 2.75) is 33.1 Å². The third-order valence-electron chi connectivity index (χ3n) is 2.83. The molecular weight excluding hydrogens is 274 g/mol. The van der Waals surface area contributed by atoms with Crippen LogP contribution >= 0.6 is 0 Å². The summed E-state index contributed by atoms with van der Waals surface area (Å²) in [7, 11) is 0. The Balaban J connectivity index is 2.65. The summed E-state index contributed by atoms with van der Waals surface area (Å²) < 4.78 is 4.71. The standard InChI is InChI=1S/C15H17NO5/c1-3-4-5-6-11(2)14(17)21-15(18)12-7-9-13(10-8-12)16(19)20/h6-10H,3-5H2,1-2H3. The predicted molar refractivity (Wildman–Crippen MR) is 76.8 cm³/mol. The first kappa shape index (κ1) is 16.6. The van der Waals surface area contributed by atoms with Gasteiger partial charge in [-0.15, -0.1) is 0 Å². The van der Waals surface area contributed by atoms with Gasteiger partial charge in [-0.3, -0.25) is 10.1 Å². The maximum Gasteiger partial charge on any atom is 0.346 e. The number of hydrogen-bond acceptors (Lipinski definition) is 5. The third-order valence-corrected chi connectivity index (χ3v) is 2.83. The molecule has 0 aliphatic carbocycles. The summed E-state index contributed by atoms with van der Waals surface area (Å²) in [4.78, 5) is 33.3. The number of allylic oxidation sites excluding steroid dienone is 1. The number of hydrogen-bond donors (Lipinski definition) is 0. The van der Waals surface area contributed by atoms with E-state index in [0.29, 0.717) is 5.57 Å². The summed E-state index contributed by atoms with van der Waals surface area (Å²) in [5.74, 6) is -1.52. The molecule has 0 bridgehead atoms. The molecule has 0 spiro atoms. The Bertz CT molecular complexity index is 560. The second-order valence-electron chi connectivity index (χ2n) is 4.51. The molecule has 0 N–H and O–H groups in total. The Hall–Kier alpha value is -2.50. The van der Waals surface area contributed by atoms with Gasteiger partial charge in [-0.1, -0.05) is 25.8 Å². The van der Waals surface area contributed by atoms with Gasteiger partial charge in [0.25, 0.3) is 5.69 Å². The second-order valence-corrected chi connectivity index (χ2v) is 4.51. The van der Waals surface area contributed by atoms with Crippen LogP contribution in [-0.2, 0) is 9.53 Å². The van der Waals surface area contributed by atoms with Gasteiger partial charge in [0.05, 0.1) is 10.5 Å². The van der Waals surface area contributed by atoms with Crippen molar-refractivity contribution >= 4 is 17.6 Å². The smallest absolute Gasteiger partial charge is 0.346 e. The van der Waals surface area contributed by atoms with E-state index in [2.05, 4.69) is 0 Å². The zero-order valence-electron chi connectivity index (χ0n) is 12.0. The maximum atomic E-state index is 11.7. The summed E-state index contributed by atoms with van der Waals surface area (Å²) >= 11 is 0. The van der Waals surface area contributed by atoms with Gasteiger partial charge in [-0.05, 0) is 25.5 Å². The molecule has 0 radical (unpaired) electrons. The minimum absolute atomic E-state index is 0.0929. The number of nitrogens with zero attached hydrogens (tertiary/aromatic N) is 1. The molecule has 0 saturated carbocycles. The molecule has 0 atom stereocenters. The van der Waals surface area contributed by atoms with E-state index in [9.17, 15) is 19.7 Å². The van der Waals surface area contributed by atoms with Crippen LogP contribution in [0.1, 0.15) is 43.5 Å². The van der Waals surface area contributed by atoms with Gasteiger partial charge >= 0.3 is 11.9 Å². The van der Waals surface area contributed by atoms with Crippen molar-refractivity contribution in [3.63, 3.8) is 0 Å². The first-order valence-corrected chi connectivity index (χ1v) is 6.63.